The van der Waals surface area contributed by atoms with Gasteiger partial charge in [0.1, 0.15) is 0 Å². The average Bonchev–Trinajstić information content (AvgIpc) is 3.27. The third kappa shape index (κ3) is 48.3. The summed E-state index contributed by atoms with van der Waals surface area (Å²) in [6.45, 7) is 4.25. The lowest BCUT2D eigenvalue weighted by atomic mass is 10.0. The maximum Gasteiger partial charge on any atom is 0.222 e. The van der Waals surface area contributed by atoms with Crippen molar-refractivity contribution < 1.29 is 20.1 Å². The van der Waals surface area contributed by atoms with E-state index in [2.05, 4.69) is 31.3 Å². The highest BCUT2D eigenvalue weighted by atomic mass is 16.3. The molecule has 368 valence electrons. The molecule has 0 aliphatic carbocycles. The standard InChI is InChI=1S/C57H111NO4/c1-3-5-7-9-11-13-15-17-19-21-22-23-24-25-26-27-28-29-30-31-32-33-35-36-38-40-42-44-46-48-50-54(60)52-57(62)58-55(53-59)56(61)51-49-47-45-43-41-39-37-34-20-18-16-14-12-10-8-6-4-2/h25-26,49,51,54-56,59-61H,3-24,27-48,50,52-53H2,1-2H3,(H,58,62)/b26-25-,51-49+. The Hall–Kier alpha value is -1.17. The fourth-order valence-electron chi connectivity index (χ4n) is 8.93. The summed E-state index contributed by atoms with van der Waals surface area (Å²) in [5.41, 5.74) is 0. The fourth-order valence-corrected chi connectivity index (χ4v) is 8.93. The second kappa shape index (κ2) is 52.5. The largest absolute Gasteiger partial charge is 0.394 e. The average molecular weight is 875 g/mol. The van der Waals surface area contributed by atoms with Crippen LogP contribution in [0.4, 0.5) is 0 Å². The molecule has 1 amide bonds. The fraction of sp³-hybridized carbons (Fsp3) is 0.912. The van der Waals surface area contributed by atoms with Crippen molar-refractivity contribution >= 4 is 5.91 Å². The SMILES string of the molecule is CCCCCCCCCCCCCC/C=C\CCCCCCCCCCCCCCCCC(O)CC(=O)NC(CO)C(O)/C=C/CCCCCCCCCCCCCCCCC. The number of aliphatic hydroxyl groups is 3. The van der Waals surface area contributed by atoms with Gasteiger partial charge in [-0.05, 0) is 44.9 Å². The Morgan fingerprint density at radius 2 is 0.677 bits per heavy atom. The molecule has 0 bridgehead atoms. The van der Waals surface area contributed by atoms with Crippen LogP contribution in [-0.2, 0) is 4.79 Å². The first kappa shape index (κ1) is 60.8. The summed E-state index contributed by atoms with van der Waals surface area (Å²) in [6.07, 6.45) is 66.5. The van der Waals surface area contributed by atoms with Gasteiger partial charge in [0, 0.05) is 0 Å². The molecule has 0 aromatic carbocycles. The van der Waals surface area contributed by atoms with Gasteiger partial charge >= 0.3 is 0 Å². The Morgan fingerprint density at radius 3 is 0.984 bits per heavy atom. The highest BCUT2D eigenvalue weighted by molar-refractivity contribution is 5.76. The van der Waals surface area contributed by atoms with Crippen molar-refractivity contribution in [1.29, 1.82) is 0 Å². The van der Waals surface area contributed by atoms with Gasteiger partial charge in [-0.2, -0.15) is 0 Å². The van der Waals surface area contributed by atoms with Crippen LogP contribution < -0.4 is 5.32 Å². The van der Waals surface area contributed by atoms with E-state index in [4.69, 9.17) is 0 Å². The summed E-state index contributed by atoms with van der Waals surface area (Å²) in [4.78, 5) is 12.5. The molecule has 0 radical (unpaired) electrons. The molecule has 0 spiro atoms. The summed E-state index contributed by atoms with van der Waals surface area (Å²) >= 11 is 0. The van der Waals surface area contributed by atoms with Crippen molar-refractivity contribution in [2.45, 2.75) is 327 Å². The van der Waals surface area contributed by atoms with Crippen molar-refractivity contribution in [3.05, 3.63) is 24.3 Å². The van der Waals surface area contributed by atoms with Gasteiger partial charge in [-0.25, -0.2) is 0 Å². The number of amides is 1. The number of carbonyl (C=O) groups excluding carboxylic acids is 1. The van der Waals surface area contributed by atoms with E-state index in [0.717, 1.165) is 25.7 Å². The van der Waals surface area contributed by atoms with Crippen LogP contribution in [-0.4, -0.2) is 46.1 Å². The number of hydrogen-bond acceptors (Lipinski definition) is 4. The topological polar surface area (TPSA) is 89.8 Å². The highest BCUT2D eigenvalue weighted by Crippen LogP contribution is 2.17. The minimum absolute atomic E-state index is 0.0168. The number of allylic oxidation sites excluding steroid dienone is 3. The van der Waals surface area contributed by atoms with E-state index in [1.54, 1.807) is 6.08 Å². The Balaban J connectivity index is 3.52. The first-order valence-corrected chi connectivity index (χ1v) is 28.1. The molecular formula is C57H111NO4. The molecule has 0 fully saturated rings. The van der Waals surface area contributed by atoms with E-state index < -0.39 is 18.2 Å². The Labute approximate surface area is 388 Å². The van der Waals surface area contributed by atoms with Crippen LogP contribution in [0.2, 0.25) is 0 Å². The molecule has 5 nitrogen and oxygen atoms in total. The van der Waals surface area contributed by atoms with Crippen LogP contribution >= 0.6 is 0 Å². The molecule has 0 aliphatic rings. The van der Waals surface area contributed by atoms with E-state index in [1.807, 2.05) is 6.08 Å². The van der Waals surface area contributed by atoms with Crippen molar-refractivity contribution in [3.8, 4) is 0 Å². The van der Waals surface area contributed by atoms with Crippen molar-refractivity contribution in [2.75, 3.05) is 6.61 Å². The molecule has 0 saturated carbocycles. The van der Waals surface area contributed by atoms with Crippen LogP contribution in [0.3, 0.4) is 0 Å². The maximum atomic E-state index is 12.5. The number of carbonyl (C=O) groups is 1. The highest BCUT2D eigenvalue weighted by Gasteiger charge is 2.20. The molecule has 0 saturated heterocycles. The van der Waals surface area contributed by atoms with Crippen LogP contribution in [0.25, 0.3) is 0 Å². The molecule has 62 heavy (non-hydrogen) atoms. The van der Waals surface area contributed by atoms with Gasteiger partial charge in [-0.1, -0.05) is 282 Å². The van der Waals surface area contributed by atoms with Crippen molar-refractivity contribution in [2.24, 2.45) is 0 Å². The van der Waals surface area contributed by atoms with Gasteiger partial charge in [0.2, 0.25) is 5.91 Å². The quantitative estimate of drug-likeness (QED) is 0.0362. The zero-order chi connectivity index (χ0) is 45.1. The van der Waals surface area contributed by atoms with Crippen molar-refractivity contribution in [3.63, 3.8) is 0 Å². The van der Waals surface area contributed by atoms with E-state index in [9.17, 15) is 20.1 Å². The zero-order valence-electron chi connectivity index (χ0n) is 42.0. The van der Waals surface area contributed by atoms with Gasteiger partial charge in [0.25, 0.3) is 0 Å². The van der Waals surface area contributed by atoms with Crippen LogP contribution in [0.15, 0.2) is 24.3 Å². The van der Waals surface area contributed by atoms with Gasteiger partial charge in [-0.3, -0.25) is 4.79 Å². The van der Waals surface area contributed by atoms with Crippen LogP contribution in [0.5, 0.6) is 0 Å². The maximum absolute atomic E-state index is 12.5. The number of nitrogens with one attached hydrogen (secondary N) is 1. The minimum atomic E-state index is -0.927. The lowest BCUT2D eigenvalue weighted by Gasteiger charge is -2.21. The van der Waals surface area contributed by atoms with E-state index >= 15 is 0 Å². The molecular weight excluding hydrogens is 763 g/mol. The predicted molar refractivity (Wildman–Crippen MR) is 273 cm³/mol. The van der Waals surface area contributed by atoms with Gasteiger partial charge in [-0.15, -0.1) is 0 Å². The first-order chi connectivity index (χ1) is 30.5. The van der Waals surface area contributed by atoms with Gasteiger partial charge in [0.05, 0.1) is 31.3 Å². The minimum Gasteiger partial charge on any atom is -0.394 e. The van der Waals surface area contributed by atoms with Crippen LogP contribution in [0, 0.1) is 0 Å². The third-order valence-electron chi connectivity index (χ3n) is 13.2. The molecule has 0 aromatic heterocycles. The second-order valence-electron chi connectivity index (χ2n) is 19.5. The Bertz CT molecular complexity index is 920. The predicted octanol–water partition coefficient (Wildman–Crippen LogP) is 17.3. The van der Waals surface area contributed by atoms with E-state index in [1.165, 1.54) is 257 Å². The number of aliphatic hydroxyl groups excluding tert-OH is 3. The number of unbranched alkanes of at least 4 members (excludes halogenated alkanes) is 41. The van der Waals surface area contributed by atoms with Gasteiger partial charge < -0.3 is 20.6 Å². The monoisotopic (exact) mass is 874 g/mol. The second-order valence-corrected chi connectivity index (χ2v) is 19.5. The lowest BCUT2D eigenvalue weighted by molar-refractivity contribution is -0.124. The lowest BCUT2D eigenvalue weighted by Crippen LogP contribution is -2.45. The number of rotatable bonds is 52. The molecule has 3 atom stereocenters. The Kier molecular flexibility index (Phi) is 51.5. The molecule has 0 aliphatic heterocycles. The molecule has 0 aromatic rings. The molecule has 0 heterocycles. The summed E-state index contributed by atoms with van der Waals surface area (Å²) in [5.74, 6) is -0.311. The summed E-state index contributed by atoms with van der Waals surface area (Å²) < 4.78 is 0. The molecule has 4 N–H and O–H groups in total. The van der Waals surface area contributed by atoms with Gasteiger partial charge in [0.15, 0.2) is 0 Å². The normalized spacial score (nSPS) is 13.4. The smallest absolute Gasteiger partial charge is 0.222 e. The van der Waals surface area contributed by atoms with E-state index in [0.29, 0.717) is 6.42 Å². The van der Waals surface area contributed by atoms with Crippen molar-refractivity contribution in [1.82, 2.24) is 5.32 Å². The molecule has 5 heteroatoms. The third-order valence-corrected chi connectivity index (χ3v) is 13.2. The first-order valence-electron chi connectivity index (χ1n) is 28.1. The Morgan fingerprint density at radius 1 is 0.403 bits per heavy atom. The molecule has 3 unspecified atom stereocenters. The zero-order valence-corrected chi connectivity index (χ0v) is 42.0. The number of hydrogen-bond donors (Lipinski definition) is 4. The summed E-state index contributed by atoms with van der Waals surface area (Å²) in [5, 5.41) is 33.4. The summed E-state index contributed by atoms with van der Waals surface area (Å²) in [7, 11) is 0. The molecule has 0 rings (SSSR count). The van der Waals surface area contributed by atoms with Crippen LogP contribution in [0.1, 0.15) is 309 Å². The summed E-state index contributed by atoms with van der Waals surface area (Å²) in [6, 6.07) is -0.742. The van der Waals surface area contributed by atoms with E-state index in [-0.39, 0.29) is 18.9 Å².